The van der Waals surface area contributed by atoms with Crippen LogP contribution in [0.3, 0.4) is 0 Å². The first-order valence-electron chi connectivity index (χ1n) is 9.55. The number of nitrogens with zero attached hydrogens (tertiary/aromatic N) is 3. The number of anilines is 1. The predicted octanol–water partition coefficient (Wildman–Crippen LogP) is 3.73. The molecule has 3 amide bonds. The Morgan fingerprint density at radius 3 is 2.24 bits per heavy atom. The van der Waals surface area contributed by atoms with Crippen molar-refractivity contribution in [2.75, 3.05) is 4.90 Å². The normalized spacial score (nSPS) is 15.0. The molecule has 0 saturated carbocycles. The molecular weight excluding hydrogens is 386 g/mol. The van der Waals surface area contributed by atoms with E-state index in [2.05, 4.69) is 35.5 Å². The Bertz CT molecular complexity index is 1200. The highest BCUT2D eigenvalue weighted by Crippen LogP contribution is 2.25. The van der Waals surface area contributed by atoms with Crippen molar-refractivity contribution < 1.29 is 14.4 Å². The second-order valence-corrected chi connectivity index (χ2v) is 8.07. The molecule has 0 aliphatic carbocycles. The van der Waals surface area contributed by atoms with Crippen molar-refractivity contribution in [3.8, 4) is 0 Å². The van der Waals surface area contributed by atoms with Crippen LogP contribution in [0.15, 0.2) is 41.4 Å². The first-order valence-corrected chi connectivity index (χ1v) is 10.4. The summed E-state index contributed by atoms with van der Waals surface area (Å²) in [4.78, 5) is 42.7. The van der Waals surface area contributed by atoms with Crippen molar-refractivity contribution in [3.63, 3.8) is 0 Å². The largest absolute Gasteiger partial charge is 0.316 e. The van der Waals surface area contributed by atoms with Crippen LogP contribution in [-0.2, 0) is 16.1 Å². The van der Waals surface area contributed by atoms with Crippen LogP contribution in [0, 0.1) is 13.8 Å². The summed E-state index contributed by atoms with van der Waals surface area (Å²) in [5.41, 5.74) is 4.34. The van der Waals surface area contributed by atoms with Gasteiger partial charge >= 0.3 is 0 Å². The molecule has 29 heavy (non-hydrogen) atoms. The molecule has 148 valence electrons. The second kappa shape index (κ2) is 7.40. The second-order valence-electron chi connectivity index (χ2n) is 7.09. The summed E-state index contributed by atoms with van der Waals surface area (Å²) in [7, 11) is 0. The first-order chi connectivity index (χ1) is 13.9. The molecule has 1 aliphatic heterocycles. The quantitative estimate of drug-likeness (QED) is 0.621. The van der Waals surface area contributed by atoms with Crippen LogP contribution in [0.5, 0.6) is 0 Å². The smallest absolute Gasteiger partial charge is 0.279 e. The van der Waals surface area contributed by atoms with Gasteiger partial charge in [-0.25, -0.2) is 0 Å². The van der Waals surface area contributed by atoms with Crippen LogP contribution in [0.2, 0.25) is 0 Å². The monoisotopic (exact) mass is 407 g/mol. The molecule has 4 rings (SSSR count). The summed E-state index contributed by atoms with van der Waals surface area (Å²) in [6.45, 7) is 6.88. The van der Waals surface area contributed by atoms with Crippen molar-refractivity contribution in [2.45, 2.75) is 40.2 Å². The third-order valence-corrected chi connectivity index (χ3v) is 6.38. The van der Waals surface area contributed by atoms with Crippen LogP contribution in [0.25, 0.3) is 10.2 Å². The zero-order chi connectivity index (χ0) is 20.7. The van der Waals surface area contributed by atoms with Gasteiger partial charge in [0.2, 0.25) is 11.8 Å². The van der Waals surface area contributed by atoms with Gasteiger partial charge < -0.3 is 4.57 Å². The van der Waals surface area contributed by atoms with Gasteiger partial charge in [-0.05, 0) is 56.2 Å². The van der Waals surface area contributed by atoms with Crippen molar-refractivity contribution in [1.29, 1.82) is 0 Å². The maximum atomic E-state index is 12.8. The van der Waals surface area contributed by atoms with Crippen LogP contribution in [-0.4, -0.2) is 22.3 Å². The number of carbonyl (C=O) groups excluding carboxylic acids is 3. The Kier molecular flexibility index (Phi) is 4.92. The van der Waals surface area contributed by atoms with Gasteiger partial charge in [0, 0.05) is 24.9 Å². The Hall–Kier alpha value is -3.06. The Morgan fingerprint density at radius 2 is 1.62 bits per heavy atom. The zero-order valence-corrected chi connectivity index (χ0v) is 17.4. The Labute approximate surface area is 172 Å². The van der Waals surface area contributed by atoms with Crippen LogP contribution in [0.4, 0.5) is 5.69 Å². The van der Waals surface area contributed by atoms with E-state index in [0.717, 1.165) is 21.3 Å². The molecule has 6 nitrogen and oxygen atoms in total. The van der Waals surface area contributed by atoms with E-state index in [1.54, 1.807) is 24.3 Å². The molecule has 1 aromatic heterocycles. The van der Waals surface area contributed by atoms with Crippen molar-refractivity contribution in [1.82, 2.24) is 4.57 Å². The number of rotatable bonds is 3. The molecule has 1 saturated heterocycles. The number of fused-ring (bicyclic) bond motifs is 1. The molecule has 0 radical (unpaired) electrons. The van der Waals surface area contributed by atoms with Gasteiger partial charge in [0.15, 0.2) is 4.80 Å². The summed E-state index contributed by atoms with van der Waals surface area (Å²) < 4.78 is 3.20. The van der Waals surface area contributed by atoms with Crippen molar-refractivity contribution in [3.05, 3.63) is 57.9 Å². The number of imide groups is 1. The highest BCUT2D eigenvalue weighted by molar-refractivity contribution is 7.16. The lowest BCUT2D eigenvalue weighted by atomic mass is 10.1. The molecule has 7 heteroatoms. The van der Waals surface area contributed by atoms with E-state index < -0.39 is 0 Å². The average Bonchev–Trinajstić information content (AvgIpc) is 3.25. The number of carbonyl (C=O) groups is 3. The van der Waals surface area contributed by atoms with Gasteiger partial charge in [-0.1, -0.05) is 23.5 Å². The molecule has 0 bridgehead atoms. The zero-order valence-electron chi connectivity index (χ0n) is 16.6. The van der Waals surface area contributed by atoms with Gasteiger partial charge in [-0.3, -0.25) is 19.3 Å². The molecule has 3 aromatic rings. The molecule has 2 aromatic carbocycles. The molecule has 2 heterocycles. The third kappa shape index (κ3) is 3.31. The first kappa shape index (κ1) is 19.3. The maximum absolute atomic E-state index is 12.8. The fraction of sp³-hybridized carbons (Fsp3) is 0.273. The van der Waals surface area contributed by atoms with E-state index in [9.17, 15) is 14.4 Å². The molecule has 0 spiro atoms. The minimum atomic E-state index is -0.348. The van der Waals surface area contributed by atoms with Crippen LogP contribution < -0.4 is 9.70 Å². The lowest BCUT2D eigenvalue weighted by Gasteiger charge is -2.13. The molecule has 1 fully saturated rings. The highest BCUT2D eigenvalue weighted by Gasteiger charge is 2.30. The minimum Gasteiger partial charge on any atom is -0.316 e. The SMILES string of the molecule is CCn1c(=NC(=O)c2ccc(N3C(=O)CCC3=O)cc2)sc2c(C)ccc(C)c21. The summed E-state index contributed by atoms with van der Waals surface area (Å²) in [6, 6.07) is 10.6. The van der Waals surface area contributed by atoms with E-state index in [1.807, 2.05) is 6.92 Å². The number of thiazole rings is 1. The van der Waals surface area contributed by atoms with Crippen LogP contribution in [0.1, 0.15) is 41.3 Å². The number of aromatic nitrogens is 1. The minimum absolute atomic E-state index is 0.209. The maximum Gasteiger partial charge on any atom is 0.279 e. The highest BCUT2D eigenvalue weighted by atomic mass is 32.1. The fourth-order valence-electron chi connectivity index (χ4n) is 3.62. The van der Waals surface area contributed by atoms with E-state index in [1.165, 1.54) is 16.2 Å². The number of hydrogen-bond donors (Lipinski definition) is 0. The van der Waals surface area contributed by atoms with Crippen LogP contribution >= 0.6 is 11.3 Å². The van der Waals surface area contributed by atoms with E-state index in [-0.39, 0.29) is 30.6 Å². The summed E-state index contributed by atoms with van der Waals surface area (Å²) >= 11 is 1.51. The lowest BCUT2D eigenvalue weighted by molar-refractivity contribution is -0.121. The standard InChI is InChI=1S/C22H21N3O3S/c1-4-24-19-13(2)5-6-14(3)20(19)29-22(24)23-21(28)15-7-9-16(10-8-15)25-17(26)11-12-18(25)27/h5-10H,4,11-12H2,1-3H3. The van der Waals surface area contributed by atoms with E-state index >= 15 is 0 Å². The Balaban J connectivity index is 1.72. The Morgan fingerprint density at radius 1 is 1.00 bits per heavy atom. The predicted molar refractivity (Wildman–Crippen MR) is 113 cm³/mol. The van der Waals surface area contributed by atoms with E-state index in [4.69, 9.17) is 0 Å². The molecule has 0 N–H and O–H groups in total. The summed E-state index contributed by atoms with van der Waals surface area (Å²) in [5.74, 6) is -0.766. The molecule has 0 unspecified atom stereocenters. The molecule has 1 aliphatic rings. The summed E-state index contributed by atoms with van der Waals surface area (Å²) in [6.07, 6.45) is 0.466. The van der Waals surface area contributed by atoms with Crippen molar-refractivity contribution >= 4 is 45.0 Å². The topological polar surface area (TPSA) is 71.7 Å². The van der Waals surface area contributed by atoms with E-state index in [0.29, 0.717) is 22.6 Å². The van der Waals surface area contributed by atoms with Gasteiger partial charge in [0.25, 0.3) is 5.91 Å². The van der Waals surface area contributed by atoms with Crippen molar-refractivity contribution in [2.24, 2.45) is 4.99 Å². The molecular formula is C22H21N3O3S. The number of amides is 3. The number of benzene rings is 2. The van der Waals surface area contributed by atoms with Gasteiger partial charge in [-0.15, -0.1) is 0 Å². The number of hydrogen-bond acceptors (Lipinski definition) is 4. The third-order valence-electron chi connectivity index (χ3n) is 5.16. The summed E-state index contributed by atoms with van der Waals surface area (Å²) in [5, 5.41) is 0. The molecule has 0 atom stereocenters. The average molecular weight is 407 g/mol. The number of aryl methyl sites for hydroxylation is 3. The van der Waals surface area contributed by atoms with Gasteiger partial charge in [0.1, 0.15) is 0 Å². The fourth-order valence-corrected chi connectivity index (χ4v) is 4.86. The lowest BCUT2D eigenvalue weighted by Crippen LogP contribution is -2.28. The van der Waals surface area contributed by atoms with Gasteiger partial charge in [0.05, 0.1) is 15.9 Å². The van der Waals surface area contributed by atoms with Gasteiger partial charge in [-0.2, -0.15) is 4.99 Å².